The minimum Gasteiger partial charge on any atom is -0.478 e. The summed E-state index contributed by atoms with van der Waals surface area (Å²) in [6.45, 7) is 14.6. The third kappa shape index (κ3) is 7.61. The number of carboxylic acids is 1. The van der Waals surface area contributed by atoms with Gasteiger partial charge in [0.2, 0.25) is 11.8 Å². The molecule has 0 spiro atoms. The number of hydrogen-bond acceptors (Lipinski definition) is 4. The summed E-state index contributed by atoms with van der Waals surface area (Å²) >= 11 is 0. The van der Waals surface area contributed by atoms with Gasteiger partial charge >= 0.3 is 5.97 Å². The Morgan fingerprint density at radius 1 is 1.12 bits per heavy atom. The van der Waals surface area contributed by atoms with E-state index in [-0.39, 0.29) is 41.3 Å². The van der Waals surface area contributed by atoms with Crippen molar-refractivity contribution < 1.29 is 19.5 Å². The van der Waals surface area contributed by atoms with Gasteiger partial charge < -0.3 is 15.3 Å². The molecule has 1 heterocycles. The van der Waals surface area contributed by atoms with Gasteiger partial charge in [-0.15, -0.1) is 0 Å². The van der Waals surface area contributed by atoms with Gasteiger partial charge in [0, 0.05) is 18.7 Å². The summed E-state index contributed by atoms with van der Waals surface area (Å²) < 4.78 is 0. The van der Waals surface area contributed by atoms with Crippen LogP contribution in [0.4, 0.5) is 0 Å². The van der Waals surface area contributed by atoms with Gasteiger partial charge in [-0.2, -0.15) is 0 Å². The molecule has 0 aromatic heterocycles. The van der Waals surface area contributed by atoms with E-state index in [0.29, 0.717) is 6.04 Å². The summed E-state index contributed by atoms with van der Waals surface area (Å²) in [5.74, 6) is -1.32. The van der Waals surface area contributed by atoms with E-state index < -0.39 is 12.0 Å². The summed E-state index contributed by atoms with van der Waals surface area (Å²) in [4.78, 5) is 41.9. The summed E-state index contributed by atoms with van der Waals surface area (Å²) in [6, 6.07) is -0.897. The first-order valence-corrected chi connectivity index (χ1v) is 12.2. The van der Waals surface area contributed by atoms with Crippen molar-refractivity contribution in [2.45, 2.75) is 105 Å². The van der Waals surface area contributed by atoms with Crippen molar-refractivity contribution in [3.8, 4) is 0 Å². The lowest BCUT2D eigenvalue weighted by Crippen LogP contribution is -2.59. The molecule has 2 N–H and O–H groups in total. The van der Waals surface area contributed by atoms with E-state index in [4.69, 9.17) is 0 Å². The number of carboxylic acid groups (broad SMARTS) is 1. The van der Waals surface area contributed by atoms with Gasteiger partial charge in [0.25, 0.3) is 0 Å². The van der Waals surface area contributed by atoms with Crippen LogP contribution in [0.3, 0.4) is 0 Å². The van der Waals surface area contributed by atoms with E-state index >= 15 is 0 Å². The summed E-state index contributed by atoms with van der Waals surface area (Å²) in [5.41, 5.74) is 0.205. The normalized spacial score (nSPS) is 20.7. The Kier molecular flexibility index (Phi) is 11.4. The van der Waals surface area contributed by atoms with E-state index in [2.05, 4.69) is 24.1 Å². The number of aliphatic carboxylic acids is 1. The Morgan fingerprint density at radius 2 is 1.75 bits per heavy atom. The fraction of sp³-hybridized carbons (Fsp3) is 0.800. The van der Waals surface area contributed by atoms with Crippen molar-refractivity contribution in [1.82, 2.24) is 15.1 Å². The van der Waals surface area contributed by atoms with Gasteiger partial charge in [-0.05, 0) is 51.5 Å². The van der Waals surface area contributed by atoms with Crippen molar-refractivity contribution in [3.63, 3.8) is 0 Å². The van der Waals surface area contributed by atoms with Crippen LogP contribution < -0.4 is 5.32 Å². The van der Waals surface area contributed by atoms with Crippen molar-refractivity contribution in [2.75, 3.05) is 13.6 Å². The smallest absolute Gasteiger partial charge is 0.331 e. The number of nitrogens with one attached hydrogen (secondary N) is 1. The number of amides is 2. The Hall–Kier alpha value is -1.89. The Balaban J connectivity index is 3.06. The summed E-state index contributed by atoms with van der Waals surface area (Å²) in [7, 11) is 1.69. The van der Waals surface area contributed by atoms with Crippen LogP contribution in [0.5, 0.6) is 0 Å². The third-order valence-corrected chi connectivity index (χ3v) is 6.59. The number of carbonyl (C=O) groups is 3. The average Bonchev–Trinajstić information content (AvgIpc) is 2.74. The first kappa shape index (κ1) is 28.1. The molecule has 1 fully saturated rings. The molecule has 184 valence electrons. The minimum absolute atomic E-state index is 0.0329. The largest absolute Gasteiger partial charge is 0.478 e. The lowest BCUT2D eigenvalue weighted by molar-refractivity contribution is -0.140. The molecule has 32 heavy (non-hydrogen) atoms. The molecule has 1 aliphatic rings. The van der Waals surface area contributed by atoms with Crippen molar-refractivity contribution in [3.05, 3.63) is 11.6 Å². The van der Waals surface area contributed by atoms with Gasteiger partial charge in [-0.25, -0.2) is 4.79 Å². The predicted molar refractivity (Wildman–Crippen MR) is 128 cm³/mol. The zero-order chi connectivity index (χ0) is 24.6. The molecule has 2 amide bonds. The van der Waals surface area contributed by atoms with Crippen LogP contribution in [0.2, 0.25) is 0 Å². The van der Waals surface area contributed by atoms with E-state index in [0.717, 1.165) is 38.6 Å². The van der Waals surface area contributed by atoms with Crippen LogP contribution >= 0.6 is 0 Å². The predicted octanol–water partition coefficient (Wildman–Crippen LogP) is 3.68. The van der Waals surface area contributed by atoms with Gasteiger partial charge in [-0.3, -0.25) is 14.5 Å². The van der Waals surface area contributed by atoms with Gasteiger partial charge in [0.05, 0.1) is 12.1 Å². The summed E-state index contributed by atoms with van der Waals surface area (Å²) in [6.07, 6.45) is 6.66. The number of rotatable bonds is 11. The van der Waals surface area contributed by atoms with E-state index in [1.54, 1.807) is 18.0 Å². The van der Waals surface area contributed by atoms with E-state index in [1.165, 1.54) is 6.92 Å². The fourth-order valence-electron chi connectivity index (χ4n) is 4.55. The highest BCUT2D eigenvalue weighted by Gasteiger charge is 2.36. The SMILES string of the molecule is CCCC(C)N1CCCC[C@@H]1C(=O)NC(C(=O)N(C)[C@H](/C=C(\C)C(=O)O)C(C)C)C(C)C. The van der Waals surface area contributed by atoms with Gasteiger partial charge in [0.1, 0.15) is 6.04 Å². The monoisotopic (exact) mass is 451 g/mol. The van der Waals surface area contributed by atoms with E-state index in [1.807, 2.05) is 27.7 Å². The van der Waals surface area contributed by atoms with Crippen LogP contribution in [0.1, 0.15) is 80.6 Å². The maximum atomic E-state index is 13.4. The lowest BCUT2D eigenvalue weighted by Gasteiger charge is -2.40. The molecule has 0 aliphatic carbocycles. The van der Waals surface area contributed by atoms with Crippen molar-refractivity contribution in [1.29, 1.82) is 0 Å². The lowest BCUT2D eigenvalue weighted by atomic mass is 9.95. The van der Waals surface area contributed by atoms with E-state index in [9.17, 15) is 19.5 Å². The molecule has 1 rings (SSSR count). The highest BCUT2D eigenvalue weighted by molar-refractivity contribution is 5.90. The number of piperidine rings is 1. The van der Waals surface area contributed by atoms with Gasteiger partial charge in [0.15, 0.2) is 0 Å². The molecule has 7 heteroatoms. The first-order valence-electron chi connectivity index (χ1n) is 12.2. The Labute approximate surface area is 194 Å². The second-order valence-electron chi connectivity index (χ2n) is 9.96. The molecule has 1 saturated heterocycles. The molecule has 2 unspecified atom stereocenters. The topological polar surface area (TPSA) is 90.0 Å². The molecule has 0 aromatic rings. The van der Waals surface area contributed by atoms with Crippen molar-refractivity contribution in [2.24, 2.45) is 11.8 Å². The van der Waals surface area contributed by atoms with Crippen LogP contribution in [0.15, 0.2) is 11.6 Å². The molecule has 0 saturated carbocycles. The molecule has 1 aliphatic heterocycles. The molecule has 0 radical (unpaired) electrons. The molecule has 0 aromatic carbocycles. The first-order chi connectivity index (χ1) is 14.9. The number of likely N-dealkylation sites (tertiary alicyclic amines) is 1. The number of likely N-dealkylation sites (N-methyl/N-ethyl adjacent to an activating group) is 1. The molecule has 0 bridgehead atoms. The zero-order valence-corrected chi connectivity index (χ0v) is 21.4. The van der Waals surface area contributed by atoms with Gasteiger partial charge in [-0.1, -0.05) is 53.5 Å². The Morgan fingerprint density at radius 3 is 2.25 bits per heavy atom. The highest BCUT2D eigenvalue weighted by Crippen LogP contribution is 2.23. The minimum atomic E-state index is -0.996. The van der Waals surface area contributed by atoms with Crippen LogP contribution in [0, 0.1) is 11.8 Å². The second kappa shape index (κ2) is 13.0. The maximum Gasteiger partial charge on any atom is 0.331 e. The quantitative estimate of drug-likeness (QED) is 0.468. The average molecular weight is 452 g/mol. The molecule has 7 nitrogen and oxygen atoms in total. The van der Waals surface area contributed by atoms with Crippen LogP contribution in [0.25, 0.3) is 0 Å². The highest BCUT2D eigenvalue weighted by atomic mass is 16.4. The van der Waals surface area contributed by atoms with Crippen molar-refractivity contribution >= 4 is 17.8 Å². The summed E-state index contributed by atoms with van der Waals surface area (Å²) in [5, 5.41) is 12.3. The third-order valence-electron chi connectivity index (χ3n) is 6.59. The molecular weight excluding hydrogens is 406 g/mol. The van der Waals surface area contributed by atoms with Crippen LogP contribution in [-0.4, -0.2) is 70.4 Å². The second-order valence-corrected chi connectivity index (χ2v) is 9.96. The van der Waals surface area contributed by atoms with Crippen LogP contribution in [-0.2, 0) is 14.4 Å². The maximum absolute atomic E-state index is 13.4. The fourth-order valence-corrected chi connectivity index (χ4v) is 4.55. The molecular formula is C25H45N3O4. The zero-order valence-electron chi connectivity index (χ0n) is 21.4. The molecule has 4 atom stereocenters. The number of carbonyl (C=O) groups excluding carboxylic acids is 2. The Bertz CT molecular complexity index is 674. The number of nitrogens with zero attached hydrogens (tertiary/aromatic N) is 2. The standard InChI is InChI=1S/C25H45N3O4/c1-9-12-19(7)28-14-11-10-13-20(28)23(29)26-22(17(4)5)24(30)27(8)21(16(2)3)15-18(6)25(31)32/h15-17,19-22H,9-14H2,1-8H3,(H,26,29)(H,31,32)/b18-15+/t19?,20-,21-,22?/m1/s1. The number of hydrogen-bond donors (Lipinski definition) is 2.